The van der Waals surface area contributed by atoms with Crippen molar-refractivity contribution in [3.63, 3.8) is 0 Å². The summed E-state index contributed by atoms with van der Waals surface area (Å²) in [4.78, 5) is 12.6. The number of halogens is 1. The summed E-state index contributed by atoms with van der Waals surface area (Å²) in [5.74, 6) is 1.10. The maximum atomic E-state index is 12.6. The molecule has 0 aliphatic rings. The zero-order chi connectivity index (χ0) is 21.5. The number of rotatable bonds is 9. The Morgan fingerprint density at radius 3 is 2.77 bits per heavy atom. The van der Waals surface area contributed by atoms with Crippen molar-refractivity contribution < 1.29 is 14.3 Å². The number of amides is 1. The van der Waals surface area contributed by atoms with Crippen LogP contribution >= 0.6 is 34.7 Å². The number of nitrogens with zero attached hydrogens (tertiary/aromatic N) is 2. The molecule has 0 saturated heterocycles. The Balaban J connectivity index is 1.63. The van der Waals surface area contributed by atoms with Crippen LogP contribution in [0.3, 0.4) is 0 Å². The first-order valence-electron chi connectivity index (χ1n) is 9.13. The normalized spacial score (nSPS) is 11.6. The molecule has 2 aromatic carbocycles. The first-order chi connectivity index (χ1) is 14.5. The second-order valence-corrected chi connectivity index (χ2v) is 9.02. The number of hydrogen-bond acceptors (Lipinski definition) is 8. The van der Waals surface area contributed by atoms with Crippen LogP contribution in [-0.2, 0) is 4.79 Å². The molecule has 1 atom stereocenters. The van der Waals surface area contributed by atoms with E-state index >= 15 is 0 Å². The minimum atomic E-state index is -0.398. The number of nitrogens with one attached hydrogen (secondary N) is 2. The quantitative estimate of drug-likeness (QED) is 0.406. The van der Waals surface area contributed by atoms with E-state index in [4.69, 9.17) is 21.1 Å². The Morgan fingerprint density at radius 2 is 2.00 bits per heavy atom. The van der Waals surface area contributed by atoms with E-state index in [2.05, 4.69) is 20.8 Å². The van der Waals surface area contributed by atoms with Crippen LogP contribution in [0.15, 0.2) is 46.8 Å². The average molecular weight is 465 g/mol. The van der Waals surface area contributed by atoms with Crippen molar-refractivity contribution in [2.24, 2.45) is 0 Å². The molecule has 0 fully saturated rings. The molecule has 1 aromatic heterocycles. The van der Waals surface area contributed by atoms with Crippen LogP contribution in [0.1, 0.15) is 13.8 Å². The van der Waals surface area contributed by atoms with Crippen molar-refractivity contribution in [3.8, 4) is 11.5 Å². The van der Waals surface area contributed by atoms with Gasteiger partial charge in [0.1, 0.15) is 11.5 Å². The van der Waals surface area contributed by atoms with Gasteiger partial charge in [0.05, 0.1) is 30.3 Å². The van der Waals surface area contributed by atoms with Gasteiger partial charge >= 0.3 is 0 Å². The maximum Gasteiger partial charge on any atom is 0.237 e. The summed E-state index contributed by atoms with van der Waals surface area (Å²) in [5, 5.41) is 15.1. The lowest BCUT2D eigenvalue weighted by atomic mass is 10.3. The number of hydrogen-bond donors (Lipinski definition) is 2. The van der Waals surface area contributed by atoms with E-state index in [0.29, 0.717) is 32.5 Å². The van der Waals surface area contributed by atoms with Crippen LogP contribution in [0.25, 0.3) is 0 Å². The fraction of sp³-hybridized carbons (Fsp3) is 0.250. The van der Waals surface area contributed by atoms with Crippen molar-refractivity contribution in [1.29, 1.82) is 0 Å². The Hall–Kier alpha value is -2.49. The summed E-state index contributed by atoms with van der Waals surface area (Å²) in [6.45, 7) is 4.30. The zero-order valence-electron chi connectivity index (χ0n) is 16.6. The number of ether oxygens (including phenoxy) is 2. The minimum Gasteiger partial charge on any atom is -0.495 e. The van der Waals surface area contributed by atoms with Crippen LogP contribution in [0.5, 0.6) is 11.5 Å². The standard InChI is InChI=1S/C20H21ClN4O3S2/c1-4-28-17-8-6-5-7-14(17)23-19-24-25-20(30-19)29-12(2)18(26)22-15-11-13(21)9-10-16(15)27-3/h5-12H,4H2,1-3H3,(H,22,26)(H,23,24)/t12-/m0/s1. The van der Waals surface area contributed by atoms with Gasteiger partial charge in [-0.15, -0.1) is 10.2 Å². The van der Waals surface area contributed by atoms with Crippen LogP contribution in [0.2, 0.25) is 5.02 Å². The van der Waals surface area contributed by atoms with Gasteiger partial charge in [-0.25, -0.2) is 0 Å². The topological polar surface area (TPSA) is 85.4 Å². The van der Waals surface area contributed by atoms with Crippen LogP contribution in [0.4, 0.5) is 16.5 Å². The van der Waals surface area contributed by atoms with Crippen molar-refractivity contribution in [3.05, 3.63) is 47.5 Å². The van der Waals surface area contributed by atoms with E-state index in [-0.39, 0.29) is 5.91 Å². The lowest BCUT2D eigenvalue weighted by Crippen LogP contribution is -2.22. The van der Waals surface area contributed by atoms with Gasteiger partial charge in [0.2, 0.25) is 11.0 Å². The lowest BCUT2D eigenvalue weighted by Gasteiger charge is -2.13. The van der Waals surface area contributed by atoms with Crippen molar-refractivity contribution in [1.82, 2.24) is 10.2 Å². The number of methoxy groups -OCH3 is 1. The highest BCUT2D eigenvalue weighted by molar-refractivity contribution is 8.02. The third kappa shape index (κ3) is 5.78. The van der Waals surface area contributed by atoms with Gasteiger partial charge in [-0.3, -0.25) is 4.79 Å². The third-order valence-electron chi connectivity index (χ3n) is 3.90. The first kappa shape index (κ1) is 22.2. The fourth-order valence-corrected chi connectivity index (χ4v) is 4.57. The molecule has 0 saturated carbocycles. The summed E-state index contributed by atoms with van der Waals surface area (Å²) in [7, 11) is 1.54. The number of para-hydroxylation sites is 2. The number of anilines is 3. The zero-order valence-corrected chi connectivity index (χ0v) is 19.0. The molecule has 0 unspecified atom stereocenters. The highest BCUT2D eigenvalue weighted by atomic mass is 35.5. The second kappa shape index (κ2) is 10.5. The molecule has 0 aliphatic heterocycles. The molecule has 1 heterocycles. The Kier molecular flexibility index (Phi) is 7.78. The number of carbonyl (C=O) groups excluding carboxylic acids is 1. The summed E-state index contributed by atoms with van der Waals surface area (Å²) in [6.07, 6.45) is 0. The van der Waals surface area contributed by atoms with Crippen molar-refractivity contribution >= 4 is 57.1 Å². The maximum absolute atomic E-state index is 12.6. The molecular formula is C20H21ClN4O3S2. The number of thioether (sulfide) groups is 1. The van der Waals surface area contributed by atoms with Crippen LogP contribution in [0, 0.1) is 0 Å². The van der Waals surface area contributed by atoms with Gasteiger partial charge in [0.25, 0.3) is 0 Å². The fourth-order valence-electron chi connectivity index (χ4n) is 2.49. The second-order valence-electron chi connectivity index (χ2n) is 6.02. The highest BCUT2D eigenvalue weighted by Crippen LogP contribution is 2.34. The molecule has 3 rings (SSSR count). The van der Waals surface area contributed by atoms with Gasteiger partial charge in [0.15, 0.2) is 4.34 Å². The van der Waals surface area contributed by atoms with Crippen LogP contribution < -0.4 is 20.1 Å². The molecule has 7 nitrogen and oxygen atoms in total. The van der Waals surface area contributed by atoms with Crippen molar-refractivity contribution in [2.75, 3.05) is 24.4 Å². The third-order valence-corrected chi connectivity index (χ3v) is 6.16. The van der Waals surface area contributed by atoms with Crippen LogP contribution in [-0.4, -0.2) is 35.1 Å². The molecule has 0 aliphatic carbocycles. The van der Waals surface area contributed by atoms with E-state index < -0.39 is 5.25 Å². The summed E-state index contributed by atoms with van der Waals surface area (Å²) < 4.78 is 11.6. The largest absolute Gasteiger partial charge is 0.495 e. The average Bonchev–Trinajstić information content (AvgIpc) is 3.16. The molecule has 2 N–H and O–H groups in total. The Bertz CT molecular complexity index is 1020. The number of benzene rings is 2. The summed E-state index contributed by atoms with van der Waals surface area (Å²) in [6, 6.07) is 12.7. The predicted octanol–water partition coefficient (Wildman–Crippen LogP) is 5.46. The molecule has 10 heteroatoms. The van der Waals surface area contributed by atoms with E-state index in [1.54, 1.807) is 25.1 Å². The van der Waals surface area contributed by atoms with E-state index in [1.165, 1.54) is 30.2 Å². The predicted molar refractivity (Wildman–Crippen MR) is 123 cm³/mol. The molecule has 1 amide bonds. The summed E-state index contributed by atoms with van der Waals surface area (Å²) >= 11 is 8.71. The lowest BCUT2D eigenvalue weighted by molar-refractivity contribution is -0.115. The smallest absolute Gasteiger partial charge is 0.237 e. The molecule has 3 aromatic rings. The minimum absolute atomic E-state index is 0.188. The van der Waals surface area contributed by atoms with Gasteiger partial charge in [-0.05, 0) is 44.2 Å². The highest BCUT2D eigenvalue weighted by Gasteiger charge is 2.19. The SMILES string of the molecule is CCOc1ccccc1Nc1nnc(S[C@@H](C)C(=O)Nc2cc(Cl)ccc2OC)s1. The molecular weight excluding hydrogens is 444 g/mol. The molecule has 0 bridgehead atoms. The van der Waals surface area contributed by atoms with E-state index in [1.807, 2.05) is 31.2 Å². The number of aromatic nitrogens is 2. The summed E-state index contributed by atoms with van der Waals surface area (Å²) in [5.41, 5.74) is 1.33. The Morgan fingerprint density at radius 1 is 1.20 bits per heavy atom. The monoisotopic (exact) mass is 464 g/mol. The Labute approximate surface area is 188 Å². The number of carbonyl (C=O) groups is 1. The molecule has 0 spiro atoms. The van der Waals surface area contributed by atoms with Crippen molar-refractivity contribution in [2.45, 2.75) is 23.4 Å². The molecule has 30 heavy (non-hydrogen) atoms. The molecule has 158 valence electrons. The van der Waals surface area contributed by atoms with Gasteiger partial charge in [-0.1, -0.05) is 46.8 Å². The van der Waals surface area contributed by atoms with Gasteiger partial charge in [-0.2, -0.15) is 0 Å². The van der Waals surface area contributed by atoms with E-state index in [0.717, 1.165) is 11.4 Å². The van der Waals surface area contributed by atoms with Gasteiger partial charge < -0.3 is 20.1 Å². The first-order valence-corrected chi connectivity index (χ1v) is 11.2. The van der Waals surface area contributed by atoms with Gasteiger partial charge in [0, 0.05) is 5.02 Å². The molecule has 0 radical (unpaired) electrons. The van der Waals surface area contributed by atoms with E-state index in [9.17, 15) is 4.79 Å².